The summed E-state index contributed by atoms with van der Waals surface area (Å²) in [6, 6.07) is 0. The summed E-state index contributed by atoms with van der Waals surface area (Å²) in [6.45, 7) is 2.27. The number of hydrogen-bond acceptors (Lipinski definition) is 0. The molecule has 0 radical (unpaired) electrons. The van der Waals surface area contributed by atoms with Crippen molar-refractivity contribution < 1.29 is 0 Å². The van der Waals surface area contributed by atoms with Gasteiger partial charge in [-0.15, -0.1) is 0 Å². The minimum Gasteiger partial charge on any atom is -0.0928 e. The Kier molecular flexibility index (Phi) is 6.98. The molecule has 25 heavy (non-hydrogen) atoms. The van der Waals surface area contributed by atoms with E-state index in [1.54, 1.807) is 83.5 Å². The molecule has 3 heteroatoms. The van der Waals surface area contributed by atoms with E-state index in [2.05, 4.69) is 15.9 Å². The normalized spacial score (nSPS) is 36.4. The highest BCUT2D eigenvalue weighted by atomic mass is 79.9. The second kappa shape index (κ2) is 9.20. The standard InChI is InChI=1S/C22H39B2Br/c25-17-3-1-2-16-22(23-18-8-4-9-19(23)11-5-10-18)24-20-12-6-13-21(24)15-7-14-20/h18-22H,1-17H2. The van der Waals surface area contributed by atoms with Crippen molar-refractivity contribution in [1.29, 1.82) is 0 Å². The molecule has 0 spiro atoms. The molecule has 4 heterocycles. The van der Waals surface area contributed by atoms with Crippen LogP contribution in [0, 0.1) is 0 Å². The van der Waals surface area contributed by atoms with Gasteiger partial charge in [-0.3, -0.25) is 0 Å². The zero-order valence-electron chi connectivity index (χ0n) is 16.4. The summed E-state index contributed by atoms with van der Waals surface area (Å²) >= 11 is 3.65. The highest BCUT2D eigenvalue weighted by Gasteiger charge is 2.51. The fourth-order valence-electron chi connectivity index (χ4n) is 8.15. The van der Waals surface area contributed by atoms with Crippen molar-refractivity contribution in [2.45, 2.75) is 132 Å². The van der Waals surface area contributed by atoms with E-state index in [-0.39, 0.29) is 0 Å². The molecule has 4 fully saturated rings. The van der Waals surface area contributed by atoms with Crippen molar-refractivity contribution in [3.63, 3.8) is 0 Å². The van der Waals surface area contributed by atoms with Gasteiger partial charge in [-0.2, -0.15) is 0 Å². The first-order valence-corrected chi connectivity index (χ1v) is 13.1. The SMILES string of the molecule is BrCCCCCC(B1C2CCCC1CCC2)B1C2CCCC1CCC2. The highest BCUT2D eigenvalue weighted by Crippen LogP contribution is 2.58. The lowest BCUT2D eigenvalue weighted by atomic mass is 9.06. The minimum atomic E-state index is 1.11. The maximum absolute atomic E-state index is 3.65. The lowest BCUT2D eigenvalue weighted by molar-refractivity contribution is 0.420. The Morgan fingerprint density at radius 1 is 0.600 bits per heavy atom. The molecule has 0 aromatic heterocycles. The van der Waals surface area contributed by atoms with Crippen LogP contribution in [0.2, 0.25) is 29.0 Å². The first-order valence-electron chi connectivity index (χ1n) is 11.9. The summed E-state index contributed by atoms with van der Waals surface area (Å²) in [5, 5.41) is 1.21. The summed E-state index contributed by atoms with van der Waals surface area (Å²) in [4.78, 5) is 0. The molecular weight excluding hydrogens is 366 g/mol. The van der Waals surface area contributed by atoms with Crippen LogP contribution >= 0.6 is 15.9 Å². The van der Waals surface area contributed by atoms with E-state index in [1.807, 2.05) is 0 Å². The summed E-state index contributed by atoms with van der Waals surface area (Å²) in [5.41, 5.74) is 1.11. The van der Waals surface area contributed by atoms with Crippen LogP contribution in [0.4, 0.5) is 0 Å². The molecule has 4 aliphatic rings. The molecule has 140 valence electrons. The largest absolute Gasteiger partial charge is 0.142 e. The van der Waals surface area contributed by atoms with Gasteiger partial charge in [-0.25, -0.2) is 0 Å². The Bertz CT molecular complexity index is 339. The number of unbranched alkanes of at least 4 members (excludes halogenated alkanes) is 2. The lowest BCUT2D eigenvalue weighted by Crippen LogP contribution is -2.49. The quantitative estimate of drug-likeness (QED) is 0.228. The molecule has 0 unspecified atom stereocenters. The molecule has 0 amide bonds. The van der Waals surface area contributed by atoms with Gasteiger partial charge in [0.2, 0.25) is 0 Å². The zero-order chi connectivity index (χ0) is 17.1. The van der Waals surface area contributed by atoms with Crippen molar-refractivity contribution in [3.05, 3.63) is 0 Å². The molecule has 0 aromatic carbocycles. The second-order valence-electron chi connectivity index (χ2n) is 10.1. The van der Waals surface area contributed by atoms with Gasteiger partial charge in [0, 0.05) is 5.33 Å². The molecule has 0 N–H and O–H groups in total. The van der Waals surface area contributed by atoms with Crippen molar-refractivity contribution in [1.82, 2.24) is 0 Å². The number of fused-ring (bicyclic) bond motifs is 4. The lowest BCUT2D eigenvalue weighted by Gasteiger charge is -2.51. The molecule has 0 aromatic rings. The maximum Gasteiger partial charge on any atom is 0.142 e. The Balaban J connectivity index is 1.53. The third kappa shape index (κ3) is 4.22. The maximum atomic E-state index is 3.65. The van der Waals surface area contributed by atoms with Crippen molar-refractivity contribution in [2.24, 2.45) is 0 Å². The van der Waals surface area contributed by atoms with E-state index in [9.17, 15) is 0 Å². The van der Waals surface area contributed by atoms with Crippen LogP contribution in [0.25, 0.3) is 0 Å². The van der Waals surface area contributed by atoms with E-state index < -0.39 is 0 Å². The van der Waals surface area contributed by atoms with E-state index in [1.165, 1.54) is 24.6 Å². The Morgan fingerprint density at radius 2 is 1.00 bits per heavy atom. The van der Waals surface area contributed by atoms with Crippen LogP contribution in [-0.4, -0.2) is 18.8 Å². The van der Waals surface area contributed by atoms with Gasteiger partial charge >= 0.3 is 0 Å². The number of alkyl halides is 1. The first-order chi connectivity index (χ1) is 12.4. The number of halogens is 1. The Hall–Kier alpha value is 0.610. The molecule has 0 saturated carbocycles. The van der Waals surface area contributed by atoms with Gasteiger partial charge in [0.15, 0.2) is 0 Å². The van der Waals surface area contributed by atoms with Gasteiger partial charge in [-0.1, -0.05) is 141 Å². The molecule has 0 nitrogen and oxygen atoms in total. The number of hydrogen-bond donors (Lipinski definition) is 0. The predicted octanol–water partition coefficient (Wildman–Crippen LogP) is 8.06. The van der Waals surface area contributed by atoms with Crippen LogP contribution in [0.3, 0.4) is 0 Å². The summed E-state index contributed by atoms with van der Waals surface area (Å²) < 4.78 is 0. The molecule has 0 aliphatic carbocycles. The first kappa shape index (κ1) is 18.9. The third-order valence-corrected chi connectivity index (χ3v) is 9.50. The Morgan fingerprint density at radius 3 is 1.36 bits per heavy atom. The molecule has 4 bridgehead atoms. The van der Waals surface area contributed by atoms with Crippen LogP contribution in [0.1, 0.15) is 103 Å². The van der Waals surface area contributed by atoms with E-state index >= 15 is 0 Å². The van der Waals surface area contributed by atoms with E-state index in [0.29, 0.717) is 0 Å². The third-order valence-electron chi connectivity index (χ3n) is 8.94. The average Bonchev–Trinajstić information content (AvgIpc) is 2.61. The van der Waals surface area contributed by atoms with Crippen molar-refractivity contribution in [2.75, 3.05) is 5.33 Å². The van der Waals surface area contributed by atoms with Crippen LogP contribution in [-0.2, 0) is 0 Å². The fourth-order valence-corrected chi connectivity index (χ4v) is 8.54. The van der Waals surface area contributed by atoms with Crippen LogP contribution in [0.5, 0.6) is 0 Å². The van der Waals surface area contributed by atoms with Gasteiger partial charge < -0.3 is 0 Å². The van der Waals surface area contributed by atoms with Gasteiger partial charge in [0.05, 0.1) is 0 Å². The summed E-state index contributed by atoms with van der Waals surface area (Å²) in [6.07, 6.45) is 24.9. The fraction of sp³-hybridized carbons (Fsp3) is 1.00. The highest BCUT2D eigenvalue weighted by molar-refractivity contribution is 9.09. The second-order valence-corrected chi connectivity index (χ2v) is 10.9. The zero-order valence-corrected chi connectivity index (χ0v) is 18.0. The summed E-state index contributed by atoms with van der Waals surface area (Å²) in [5.74, 6) is 4.49. The molecule has 0 atom stereocenters. The van der Waals surface area contributed by atoms with Crippen molar-refractivity contribution in [3.8, 4) is 0 Å². The topological polar surface area (TPSA) is 0 Å². The minimum absolute atomic E-state index is 1.11. The average molecular weight is 405 g/mol. The van der Waals surface area contributed by atoms with Crippen LogP contribution < -0.4 is 0 Å². The van der Waals surface area contributed by atoms with E-state index in [0.717, 1.165) is 42.4 Å². The number of rotatable bonds is 7. The monoisotopic (exact) mass is 404 g/mol. The molecule has 4 saturated heterocycles. The van der Waals surface area contributed by atoms with Gasteiger partial charge in [-0.05, 0) is 6.42 Å². The van der Waals surface area contributed by atoms with Crippen molar-refractivity contribution >= 4 is 29.4 Å². The summed E-state index contributed by atoms with van der Waals surface area (Å²) in [7, 11) is 0. The van der Waals surface area contributed by atoms with Crippen LogP contribution in [0.15, 0.2) is 0 Å². The molecule has 4 aliphatic heterocycles. The molecule has 4 rings (SSSR count). The smallest absolute Gasteiger partial charge is 0.0928 e. The van der Waals surface area contributed by atoms with E-state index in [4.69, 9.17) is 0 Å². The van der Waals surface area contributed by atoms with Gasteiger partial charge in [0.1, 0.15) is 13.4 Å². The van der Waals surface area contributed by atoms with Gasteiger partial charge in [0.25, 0.3) is 0 Å². The Labute approximate surface area is 166 Å². The molecular formula is C22H39B2Br. The predicted molar refractivity (Wildman–Crippen MR) is 118 cm³/mol.